The largest absolute Gasteiger partial charge is 0.497 e. The fourth-order valence-corrected chi connectivity index (χ4v) is 1.58. The number of anilines is 2. The van der Waals surface area contributed by atoms with Crippen LogP contribution in [0.3, 0.4) is 0 Å². The van der Waals surface area contributed by atoms with E-state index in [1.54, 1.807) is 25.3 Å². The number of hydrogen-bond acceptors (Lipinski definition) is 6. The molecule has 1 aromatic heterocycles. The third kappa shape index (κ3) is 2.94. The van der Waals surface area contributed by atoms with E-state index in [1.807, 2.05) is 0 Å². The third-order valence-corrected chi connectivity index (χ3v) is 2.54. The number of rotatable bonds is 4. The van der Waals surface area contributed by atoms with Crippen LogP contribution >= 0.6 is 0 Å². The van der Waals surface area contributed by atoms with Gasteiger partial charge in [0.1, 0.15) is 23.0 Å². The van der Waals surface area contributed by atoms with E-state index in [0.29, 0.717) is 17.2 Å². The molecule has 7 nitrogen and oxygen atoms in total. The number of nitrogens with zero attached hydrogens (tertiary/aromatic N) is 2. The van der Waals surface area contributed by atoms with Gasteiger partial charge < -0.3 is 20.5 Å². The van der Waals surface area contributed by atoms with Gasteiger partial charge in [0.2, 0.25) is 0 Å². The van der Waals surface area contributed by atoms with Crippen molar-refractivity contribution in [1.29, 1.82) is 0 Å². The lowest BCUT2D eigenvalue weighted by molar-refractivity contribution is 0.102. The zero-order valence-electron chi connectivity index (χ0n) is 11.1. The van der Waals surface area contributed by atoms with Gasteiger partial charge in [-0.3, -0.25) is 9.78 Å². The van der Waals surface area contributed by atoms with Crippen LogP contribution in [0.5, 0.6) is 11.5 Å². The van der Waals surface area contributed by atoms with Crippen LogP contribution in [0.4, 0.5) is 11.5 Å². The standard InChI is InChI=1S/C13H14N4O3/c1-19-8-3-4-9(11(5-8)20-2)17-13(18)10-6-15-7-12(14)16-10/h3-7H,1-2H3,(H2,14,16)(H,17,18). The second kappa shape index (κ2) is 5.87. The molecule has 0 saturated heterocycles. The predicted molar refractivity (Wildman–Crippen MR) is 73.9 cm³/mol. The molecule has 3 N–H and O–H groups in total. The van der Waals surface area contributed by atoms with Crippen molar-refractivity contribution in [1.82, 2.24) is 9.97 Å². The molecule has 20 heavy (non-hydrogen) atoms. The summed E-state index contributed by atoms with van der Waals surface area (Å²) in [5, 5.41) is 2.68. The van der Waals surface area contributed by atoms with E-state index in [-0.39, 0.29) is 11.5 Å². The first-order valence-electron chi connectivity index (χ1n) is 5.75. The monoisotopic (exact) mass is 274 g/mol. The molecule has 0 aliphatic heterocycles. The predicted octanol–water partition coefficient (Wildman–Crippen LogP) is 1.33. The van der Waals surface area contributed by atoms with Crippen molar-refractivity contribution in [2.75, 3.05) is 25.3 Å². The molecule has 0 aliphatic carbocycles. The molecule has 1 aromatic carbocycles. The molecule has 7 heteroatoms. The van der Waals surface area contributed by atoms with Crippen molar-refractivity contribution in [3.63, 3.8) is 0 Å². The van der Waals surface area contributed by atoms with Crippen LogP contribution in [-0.2, 0) is 0 Å². The minimum atomic E-state index is -0.423. The number of hydrogen-bond donors (Lipinski definition) is 2. The molecule has 0 aliphatic rings. The van der Waals surface area contributed by atoms with Crippen LogP contribution in [0, 0.1) is 0 Å². The highest BCUT2D eigenvalue weighted by molar-refractivity contribution is 6.03. The lowest BCUT2D eigenvalue weighted by atomic mass is 10.2. The maximum absolute atomic E-state index is 12.0. The first kappa shape index (κ1) is 13.6. The second-order valence-corrected chi connectivity index (χ2v) is 3.85. The Morgan fingerprint density at radius 2 is 2.05 bits per heavy atom. The van der Waals surface area contributed by atoms with Gasteiger partial charge in [0.05, 0.1) is 32.3 Å². The summed E-state index contributed by atoms with van der Waals surface area (Å²) >= 11 is 0. The number of ether oxygens (including phenoxy) is 2. The summed E-state index contributed by atoms with van der Waals surface area (Å²) in [6, 6.07) is 5.05. The highest BCUT2D eigenvalue weighted by atomic mass is 16.5. The number of nitrogens with one attached hydrogen (secondary N) is 1. The van der Waals surface area contributed by atoms with E-state index < -0.39 is 5.91 Å². The van der Waals surface area contributed by atoms with Gasteiger partial charge in [0.15, 0.2) is 0 Å². The maximum atomic E-state index is 12.0. The zero-order chi connectivity index (χ0) is 14.5. The molecule has 0 atom stereocenters. The Bertz CT molecular complexity index is 631. The normalized spacial score (nSPS) is 9.90. The Morgan fingerprint density at radius 3 is 2.70 bits per heavy atom. The van der Waals surface area contributed by atoms with Gasteiger partial charge in [-0.1, -0.05) is 0 Å². The summed E-state index contributed by atoms with van der Waals surface area (Å²) in [6.45, 7) is 0. The molecule has 0 saturated carbocycles. The highest BCUT2D eigenvalue weighted by Crippen LogP contribution is 2.29. The summed E-state index contributed by atoms with van der Waals surface area (Å²) in [5.41, 5.74) is 6.12. The first-order chi connectivity index (χ1) is 9.63. The number of amides is 1. The number of nitrogens with two attached hydrogens (primary N) is 1. The Kier molecular flexibility index (Phi) is 3.99. The van der Waals surface area contributed by atoms with Crippen LogP contribution in [0.1, 0.15) is 10.5 Å². The number of benzene rings is 1. The van der Waals surface area contributed by atoms with Crippen LogP contribution in [0.15, 0.2) is 30.6 Å². The number of aromatic nitrogens is 2. The SMILES string of the molecule is COc1ccc(NC(=O)c2cncc(N)n2)c(OC)c1. The molecule has 0 radical (unpaired) electrons. The smallest absolute Gasteiger partial charge is 0.276 e. The molecule has 0 unspecified atom stereocenters. The lowest BCUT2D eigenvalue weighted by Gasteiger charge is -2.11. The number of carbonyl (C=O) groups excluding carboxylic acids is 1. The molecule has 1 heterocycles. The molecular weight excluding hydrogens is 260 g/mol. The van der Waals surface area contributed by atoms with Gasteiger partial charge in [-0.25, -0.2) is 4.98 Å². The fraction of sp³-hybridized carbons (Fsp3) is 0.154. The quantitative estimate of drug-likeness (QED) is 0.872. The van der Waals surface area contributed by atoms with E-state index in [2.05, 4.69) is 15.3 Å². The number of carbonyl (C=O) groups is 1. The summed E-state index contributed by atoms with van der Waals surface area (Å²) in [6.07, 6.45) is 2.70. The molecule has 0 bridgehead atoms. The number of methoxy groups -OCH3 is 2. The van der Waals surface area contributed by atoms with Gasteiger partial charge in [-0.2, -0.15) is 0 Å². The Labute approximate surface area is 115 Å². The topological polar surface area (TPSA) is 99.4 Å². The van der Waals surface area contributed by atoms with Crippen LogP contribution in [-0.4, -0.2) is 30.1 Å². The van der Waals surface area contributed by atoms with E-state index in [9.17, 15) is 4.79 Å². The first-order valence-corrected chi connectivity index (χ1v) is 5.75. The summed E-state index contributed by atoms with van der Waals surface area (Å²) in [5.74, 6) is 0.866. The lowest BCUT2D eigenvalue weighted by Crippen LogP contribution is -2.15. The zero-order valence-corrected chi connectivity index (χ0v) is 11.1. The third-order valence-electron chi connectivity index (χ3n) is 2.54. The van der Waals surface area contributed by atoms with E-state index in [1.165, 1.54) is 19.5 Å². The molecule has 0 spiro atoms. The van der Waals surface area contributed by atoms with Crippen molar-refractivity contribution >= 4 is 17.4 Å². The molecule has 2 aromatic rings. The Morgan fingerprint density at radius 1 is 1.25 bits per heavy atom. The van der Waals surface area contributed by atoms with Gasteiger partial charge in [-0.05, 0) is 12.1 Å². The van der Waals surface area contributed by atoms with Gasteiger partial charge in [-0.15, -0.1) is 0 Å². The van der Waals surface area contributed by atoms with Gasteiger partial charge in [0.25, 0.3) is 5.91 Å². The van der Waals surface area contributed by atoms with Gasteiger partial charge >= 0.3 is 0 Å². The minimum Gasteiger partial charge on any atom is -0.497 e. The highest BCUT2D eigenvalue weighted by Gasteiger charge is 2.12. The summed E-state index contributed by atoms with van der Waals surface area (Å²) in [4.78, 5) is 19.7. The van der Waals surface area contributed by atoms with Crippen molar-refractivity contribution in [3.8, 4) is 11.5 Å². The summed E-state index contributed by atoms with van der Waals surface area (Å²) in [7, 11) is 3.06. The number of nitrogen functional groups attached to an aromatic ring is 1. The molecule has 2 rings (SSSR count). The fourth-order valence-electron chi connectivity index (χ4n) is 1.58. The van der Waals surface area contributed by atoms with Gasteiger partial charge in [0, 0.05) is 6.07 Å². The second-order valence-electron chi connectivity index (χ2n) is 3.85. The van der Waals surface area contributed by atoms with E-state index in [4.69, 9.17) is 15.2 Å². The van der Waals surface area contributed by atoms with Crippen molar-refractivity contribution in [2.24, 2.45) is 0 Å². The minimum absolute atomic E-state index is 0.128. The van der Waals surface area contributed by atoms with Crippen LogP contribution in [0.2, 0.25) is 0 Å². The Balaban J connectivity index is 2.23. The molecular formula is C13H14N4O3. The average molecular weight is 274 g/mol. The Hall–Kier alpha value is -2.83. The van der Waals surface area contributed by atoms with E-state index >= 15 is 0 Å². The molecule has 1 amide bonds. The van der Waals surface area contributed by atoms with Crippen LogP contribution in [0.25, 0.3) is 0 Å². The average Bonchev–Trinajstić information content (AvgIpc) is 2.47. The maximum Gasteiger partial charge on any atom is 0.276 e. The summed E-state index contributed by atoms with van der Waals surface area (Å²) < 4.78 is 10.3. The molecule has 104 valence electrons. The van der Waals surface area contributed by atoms with Crippen molar-refractivity contribution in [3.05, 3.63) is 36.3 Å². The van der Waals surface area contributed by atoms with Crippen molar-refractivity contribution in [2.45, 2.75) is 0 Å². The van der Waals surface area contributed by atoms with E-state index in [0.717, 1.165) is 0 Å². The van der Waals surface area contributed by atoms with Crippen molar-refractivity contribution < 1.29 is 14.3 Å². The van der Waals surface area contributed by atoms with Crippen LogP contribution < -0.4 is 20.5 Å². The molecule has 0 fully saturated rings.